The van der Waals surface area contributed by atoms with Crippen LogP contribution in [-0.4, -0.2) is 92.8 Å². The molecule has 20 nitrogen and oxygen atoms in total. The number of aliphatic carboxylic acids is 4. The van der Waals surface area contributed by atoms with E-state index in [0.29, 0.717) is 0 Å². The van der Waals surface area contributed by atoms with Gasteiger partial charge < -0.3 is 52.3 Å². The highest BCUT2D eigenvalue weighted by molar-refractivity contribution is 6.02. The molecule has 2 aromatic rings. The lowest BCUT2D eigenvalue weighted by Gasteiger charge is -2.13. The molecule has 20 heteroatoms. The molecule has 308 valence electrons. The number of benzene rings is 2. The van der Waals surface area contributed by atoms with Crippen LogP contribution in [0.4, 0.5) is 22.7 Å². The molecule has 0 aromatic heterocycles. The van der Waals surface area contributed by atoms with Crippen LogP contribution in [0.1, 0.15) is 104 Å². The van der Waals surface area contributed by atoms with E-state index in [-0.39, 0.29) is 130 Å². The third-order valence-electron chi connectivity index (χ3n) is 7.63. The molecule has 0 saturated carbocycles. The third-order valence-corrected chi connectivity index (χ3v) is 7.63. The average molecular weight is 799 g/mol. The molecular formula is C37H46N6O14. The summed E-state index contributed by atoms with van der Waals surface area (Å²) in [5.41, 5.74) is 0.581. The highest BCUT2D eigenvalue weighted by Crippen LogP contribution is 2.22. The predicted molar refractivity (Wildman–Crippen MR) is 203 cm³/mol. The van der Waals surface area contributed by atoms with Crippen molar-refractivity contribution in [1.29, 1.82) is 0 Å². The second-order valence-electron chi connectivity index (χ2n) is 12.6. The summed E-state index contributed by atoms with van der Waals surface area (Å²) in [6.45, 7) is 0.0950. The van der Waals surface area contributed by atoms with Gasteiger partial charge in [-0.3, -0.25) is 47.9 Å². The molecule has 57 heavy (non-hydrogen) atoms. The van der Waals surface area contributed by atoms with Gasteiger partial charge in [0.15, 0.2) is 0 Å². The Kier molecular flexibility index (Phi) is 19.9. The fourth-order valence-electron chi connectivity index (χ4n) is 5.00. The van der Waals surface area contributed by atoms with E-state index in [0.717, 1.165) is 0 Å². The molecule has 2 rings (SSSR count). The molecular weight excluding hydrogens is 752 g/mol. The number of anilines is 4. The second-order valence-corrected chi connectivity index (χ2v) is 12.6. The Morgan fingerprint density at radius 2 is 0.596 bits per heavy atom. The minimum absolute atomic E-state index is 0.0302. The number of carboxylic acids is 4. The molecule has 10 N–H and O–H groups in total. The van der Waals surface area contributed by atoms with Gasteiger partial charge in [-0.2, -0.15) is 0 Å². The topological polar surface area (TPSA) is 324 Å². The van der Waals surface area contributed by atoms with Crippen molar-refractivity contribution in [3.63, 3.8) is 0 Å². The lowest BCUT2D eigenvalue weighted by atomic mass is 10.1. The van der Waals surface area contributed by atoms with Crippen molar-refractivity contribution in [2.75, 3.05) is 34.4 Å². The quantitative estimate of drug-likeness (QED) is 0.0612. The minimum Gasteiger partial charge on any atom is -0.481 e. The molecule has 0 heterocycles. The Balaban J connectivity index is 2.08. The van der Waals surface area contributed by atoms with Gasteiger partial charge in [0.2, 0.25) is 23.6 Å². The number of carbonyl (C=O) groups excluding carboxylic acids is 6. The molecule has 0 saturated heterocycles. The van der Waals surface area contributed by atoms with Crippen LogP contribution in [0.25, 0.3) is 0 Å². The normalized spacial score (nSPS) is 10.4. The summed E-state index contributed by atoms with van der Waals surface area (Å²) in [6, 6.07) is 8.12. The van der Waals surface area contributed by atoms with Crippen molar-refractivity contribution in [1.82, 2.24) is 10.6 Å². The molecule has 0 radical (unpaired) electrons. The summed E-state index contributed by atoms with van der Waals surface area (Å²) in [7, 11) is 0. The highest BCUT2D eigenvalue weighted by atomic mass is 16.4. The summed E-state index contributed by atoms with van der Waals surface area (Å²) < 4.78 is 0. The Bertz CT molecular complexity index is 1600. The summed E-state index contributed by atoms with van der Waals surface area (Å²) in [4.78, 5) is 119. The first kappa shape index (κ1) is 46.3. The van der Waals surface area contributed by atoms with Gasteiger partial charge in [-0.05, 0) is 68.5 Å². The van der Waals surface area contributed by atoms with Crippen LogP contribution in [0.3, 0.4) is 0 Å². The number of hydrogen-bond acceptors (Lipinski definition) is 10. The van der Waals surface area contributed by atoms with Gasteiger partial charge in [0, 0.05) is 98.3 Å². The summed E-state index contributed by atoms with van der Waals surface area (Å²) in [5.74, 6) is -7.63. The van der Waals surface area contributed by atoms with Gasteiger partial charge in [0.1, 0.15) is 0 Å². The first-order chi connectivity index (χ1) is 27.0. The van der Waals surface area contributed by atoms with Crippen molar-refractivity contribution in [3.8, 4) is 0 Å². The van der Waals surface area contributed by atoms with Crippen molar-refractivity contribution < 1.29 is 68.4 Å². The van der Waals surface area contributed by atoms with Crippen LogP contribution in [0.5, 0.6) is 0 Å². The zero-order valence-electron chi connectivity index (χ0n) is 30.9. The third kappa shape index (κ3) is 20.4. The maximum Gasteiger partial charge on any atom is 0.303 e. The fraction of sp³-hybridized carbons (Fsp3) is 0.405. The van der Waals surface area contributed by atoms with Crippen LogP contribution in [0.15, 0.2) is 36.4 Å². The van der Waals surface area contributed by atoms with E-state index in [2.05, 4.69) is 31.9 Å². The lowest BCUT2D eigenvalue weighted by molar-refractivity contribution is -0.138. The number of carbonyl (C=O) groups is 10. The Hall–Kier alpha value is -6.86. The second kappa shape index (κ2) is 24.5. The van der Waals surface area contributed by atoms with Crippen LogP contribution >= 0.6 is 0 Å². The average Bonchev–Trinajstić information content (AvgIpc) is 3.10. The highest BCUT2D eigenvalue weighted by Gasteiger charge is 2.16. The first-order valence-corrected chi connectivity index (χ1v) is 17.9. The smallest absolute Gasteiger partial charge is 0.303 e. The summed E-state index contributed by atoms with van der Waals surface area (Å²) in [5, 5.41) is 50.9. The maximum atomic E-state index is 13.1. The SMILES string of the molecule is O=C(O)CCCC(=O)Nc1cc(NC(=O)CCCC(=O)O)cc(C(=O)NCCCNC(=O)c2cc(NC(=O)CCCC(=O)O)cc(NC(=O)CCCC(=O)O)c2)c1. The zero-order valence-corrected chi connectivity index (χ0v) is 30.9. The van der Waals surface area contributed by atoms with E-state index in [9.17, 15) is 47.9 Å². The molecule has 0 aliphatic heterocycles. The Morgan fingerprint density at radius 3 is 0.825 bits per heavy atom. The standard InChI is InChI=1S/C37H46N6O14/c44-28(6-1-10-32(48)49)40-24-16-22(17-25(20-24)41-29(45)7-2-11-33(50)51)36(56)38-14-5-15-39-37(57)23-18-26(42-30(46)8-3-12-34(52)53)21-27(19-23)43-31(47)9-4-13-35(54)55/h16-21H,1-15H2,(H,38,56)(H,39,57)(H,40,44)(H,41,45)(H,42,46)(H,43,47)(H,48,49)(H,50,51)(H,52,53)(H,54,55). The van der Waals surface area contributed by atoms with E-state index in [4.69, 9.17) is 20.4 Å². The van der Waals surface area contributed by atoms with Gasteiger partial charge in [0.25, 0.3) is 11.8 Å². The number of nitrogens with one attached hydrogen (secondary N) is 6. The molecule has 6 amide bonds. The molecule has 0 unspecified atom stereocenters. The van der Waals surface area contributed by atoms with Crippen LogP contribution in [0.2, 0.25) is 0 Å². The molecule has 0 aliphatic carbocycles. The summed E-state index contributed by atoms with van der Waals surface area (Å²) >= 11 is 0. The lowest BCUT2D eigenvalue weighted by Crippen LogP contribution is -2.30. The van der Waals surface area contributed by atoms with Crippen LogP contribution in [-0.2, 0) is 38.4 Å². The first-order valence-electron chi connectivity index (χ1n) is 17.9. The zero-order chi connectivity index (χ0) is 42.3. The largest absolute Gasteiger partial charge is 0.481 e. The monoisotopic (exact) mass is 798 g/mol. The van der Waals surface area contributed by atoms with Gasteiger partial charge in [-0.15, -0.1) is 0 Å². The fourth-order valence-corrected chi connectivity index (χ4v) is 5.00. The van der Waals surface area contributed by atoms with Crippen LogP contribution < -0.4 is 31.9 Å². The van der Waals surface area contributed by atoms with E-state index in [1.165, 1.54) is 36.4 Å². The maximum absolute atomic E-state index is 13.1. The van der Waals surface area contributed by atoms with Gasteiger partial charge in [0.05, 0.1) is 0 Å². The van der Waals surface area contributed by atoms with E-state index >= 15 is 0 Å². The molecule has 0 bridgehead atoms. The molecule has 0 fully saturated rings. The van der Waals surface area contributed by atoms with E-state index < -0.39 is 59.3 Å². The van der Waals surface area contributed by atoms with Crippen LogP contribution in [0, 0.1) is 0 Å². The molecule has 2 aromatic carbocycles. The minimum atomic E-state index is -1.07. The number of rotatable bonds is 26. The van der Waals surface area contributed by atoms with E-state index in [1.54, 1.807) is 0 Å². The van der Waals surface area contributed by atoms with E-state index in [1.807, 2.05) is 0 Å². The van der Waals surface area contributed by atoms with Crippen molar-refractivity contribution in [2.45, 2.75) is 83.5 Å². The number of amides is 6. The van der Waals surface area contributed by atoms with Gasteiger partial charge in [-0.25, -0.2) is 0 Å². The molecule has 0 atom stereocenters. The van der Waals surface area contributed by atoms with Crippen molar-refractivity contribution in [2.24, 2.45) is 0 Å². The van der Waals surface area contributed by atoms with Crippen molar-refractivity contribution >= 4 is 82.1 Å². The molecule has 0 spiro atoms. The number of carboxylic acid groups (broad SMARTS) is 4. The summed E-state index contributed by atoms with van der Waals surface area (Å²) in [6.07, 6.45) is -0.917. The number of hydrogen-bond donors (Lipinski definition) is 10. The molecule has 0 aliphatic rings. The predicted octanol–water partition coefficient (Wildman–Crippen LogP) is 3.01. The Morgan fingerprint density at radius 1 is 0.351 bits per heavy atom. The van der Waals surface area contributed by atoms with Gasteiger partial charge >= 0.3 is 23.9 Å². The van der Waals surface area contributed by atoms with Crippen molar-refractivity contribution in [3.05, 3.63) is 47.5 Å². The Labute approximate surface area is 326 Å². The van der Waals surface area contributed by atoms with Gasteiger partial charge in [-0.1, -0.05) is 0 Å².